The predicted molar refractivity (Wildman–Crippen MR) is 99.3 cm³/mol. The highest BCUT2D eigenvalue weighted by atomic mass is 19.1. The molecule has 0 radical (unpaired) electrons. The molecule has 0 saturated carbocycles. The van der Waals surface area contributed by atoms with Crippen molar-refractivity contribution in [2.45, 2.75) is 6.92 Å². The van der Waals surface area contributed by atoms with Crippen molar-refractivity contribution in [1.82, 2.24) is 19.3 Å². The number of anilines is 2. The van der Waals surface area contributed by atoms with Crippen molar-refractivity contribution in [3.8, 4) is 0 Å². The first kappa shape index (κ1) is 16.6. The SMILES string of the molecule is Cc1nn(C)c2c(=O)n(C)c(N3CCN(c4ccccc4F)CC3)nc12. The van der Waals surface area contributed by atoms with Gasteiger partial charge in [0.05, 0.1) is 11.4 Å². The molecular weight excluding hydrogens is 335 g/mol. The quantitative estimate of drug-likeness (QED) is 0.695. The van der Waals surface area contributed by atoms with Crippen molar-refractivity contribution < 1.29 is 4.39 Å². The molecule has 26 heavy (non-hydrogen) atoms. The first-order valence-electron chi connectivity index (χ1n) is 8.62. The molecule has 1 aromatic carbocycles. The van der Waals surface area contributed by atoms with Crippen molar-refractivity contribution in [3.63, 3.8) is 0 Å². The van der Waals surface area contributed by atoms with E-state index in [1.165, 1.54) is 6.07 Å². The van der Waals surface area contributed by atoms with E-state index in [9.17, 15) is 9.18 Å². The largest absolute Gasteiger partial charge is 0.366 e. The summed E-state index contributed by atoms with van der Waals surface area (Å²) in [5, 5.41) is 4.31. The maximum Gasteiger partial charge on any atom is 0.280 e. The molecule has 3 heterocycles. The Kier molecular flexibility index (Phi) is 3.90. The van der Waals surface area contributed by atoms with Gasteiger partial charge in [0.15, 0.2) is 5.52 Å². The van der Waals surface area contributed by atoms with Gasteiger partial charge < -0.3 is 9.80 Å². The topological polar surface area (TPSA) is 59.2 Å². The lowest BCUT2D eigenvalue weighted by atomic mass is 10.2. The first-order chi connectivity index (χ1) is 12.5. The molecule has 0 bridgehead atoms. The molecule has 0 atom stereocenters. The van der Waals surface area contributed by atoms with Crippen LogP contribution in [0.15, 0.2) is 29.1 Å². The minimum atomic E-state index is -0.209. The number of para-hydroxylation sites is 1. The predicted octanol–water partition coefficient (Wildman–Crippen LogP) is 1.44. The summed E-state index contributed by atoms with van der Waals surface area (Å²) in [5.41, 5.74) is 2.41. The molecule has 0 unspecified atom stereocenters. The monoisotopic (exact) mass is 356 g/mol. The van der Waals surface area contributed by atoms with E-state index in [1.807, 2.05) is 17.9 Å². The van der Waals surface area contributed by atoms with E-state index in [1.54, 1.807) is 35.5 Å². The van der Waals surface area contributed by atoms with Crippen LogP contribution in [-0.4, -0.2) is 45.5 Å². The third-order valence-electron chi connectivity index (χ3n) is 4.97. The van der Waals surface area contributed by atoms with Gasteiger partial charge in [0.2, 0.25) is 5.95 Å². The summed E-state index contributed by atoms with van der Waals surface area (Å²) in [5.74, 6) is 0.422. The van der Waals surface area contributed by atoms with Gasteiger partial charge in [-0.15, -0.1) is 0 Å². The van der Waals surface area contributed by atoms with Gasteiger partial charge in [0.1, 0.15) is 11.3 Å². The summed E-state index contributed by atoms with van der Waals surface area (Å²) in [6, 6.07) is 6.81. The van der Waals surface area contributed by atoms with Gasteiger partial charge in [0.25, 0.3) is 5.56 Å². The normalized spacial score (nSPS) is 15.1. The van der Waals surface area contributed by atoms with Crippen molar-refractivity contribution >= 4 is 22.7 Å². The van der Waals surface area contributed by atoms with Crippen LogP contribution in [0.3, 0.4) is 0 Å². The number of hydrogen-bond donors (Lipinski definition) is 0. The zero-order chi connectivity index (χ0) is 18.4. The number of halogens is 1. The minimum absolute atomic E-state index is 0.107. The zero-order valence-corrected chi connectivity index (χ0v) is 15.1. The van der Waals surface area contributed by atoms with E-state index in [2.05, 4.69) is 10.00 Å². The molecule has 0 spiro atoms. The molecule has 8 heteroatoms. The molecule has 1 aliphatic rings. The van der Waals surface area contributed by atoms with E-state index in [4.69, 9.17) is 4.98 Å². The van der Waals surface area contributed by atoms with Crippen molar-refractivity contribution in [2.24, 2.45) is 14.1 Å². The van der Waals surface area contributed by atoms with E-state index in [0.29, 0.717) is 48.8 Å². The van der Waals surface area contributed by atoms with Crippen LogP contribution in [0.2, 0.25) is 0 Å². The summed E-state index contributed by atoms with van der Waals surface area (Å²) in [4.78, 5) is 21.5. The second kappa shape index (κ2) is 6.12. The number of aromatic nitrogens is 4. The van der Waals surface area contributed by atoms with Gasteiger partial charge in [-0.3, -0.25) is 14.0 Å². The Hall–Kier alpha value is -2.90. The standard InChI is InChI=1S/C18H21FN6O/c1-12-15-16(23(3)21-12)17(26)22(2)18(20-15)25-10-8-24(9-11-25)14-7-5-4-6-13(14)19/h4-7H,8-11H2,1-3H3. The lowest BCUT2D eigenvalue weighted by Crippen LogP contribution is -2.48. The number of nitrogens with zero attached hydrogens (tertiary/aromatic N) is 6. The Balaban J connectivity index is 1.64. The number of aryl methyl sites for hydroxylation is 2. The first-order valence-corrected chi connectivity index (χ1v) is 8.62. The lowest BCUT2D eigenvalue weighted by Gasteiger charge is -2.37. The Morgan fingerprint density at radius 1 is 1.04 bits per heavy atom. The van der Waals surface area contributed by atoms with Crippen LogP contribution in [0.25, 0.3) is 11.0 Å². The van der Waals surface area contributed by atoms with Crippen LogP contribution in [0.5, 0.6) is 0 Å². The van der Waals surface area contributed by atoms with Crippen LogP contribution in [-0.2, 0) is 14.1 Å². The van der Waals surface area contributed by atoms with Gasteiger partial charge in [-0.1, -0.05) is 12.1 Å². The van der Waals surface area contributed by atoms with Crippen LogP contribution in [0, 0.1) is 12.7 Å². The maximum atomic E-state index is 14.0. The summed E-state index contributed by atoms with van der Waals surface area (Å²) in [6.07, 6.45) is 0. The number of fused-ring (bicyclic) bond motifs is 1. The van der Waals surface area contributed by atoms with Crippen molar-refractivity contribution in [2.75, 3.05) is 36.0 Å². The lowest BCUT2D eigenvalue weighted by molar-refractivity contribution is 0.588. The van der Waals surface area contributed by atoms with Crippen LogP contribution < -0.4 is 15.4 Å². The Morgan fingerprint density at radius 2 is 1.69 bits per heavy atom. The molecule has 0 aliphatic carbocycles. The third kappa shape index (κ3) is 2.53. The van der Waals surface area contributed by atoms with Crippen molar-refractivity contribution in [1.29, 1.82) is 0 Å². The fourth-order valence-corrected chi connectivity index (χ4v) is 3.58. The summed E-state index contributed by atoms with van der Waals surface area (Å²) in [7, 11) is 3.49. The maximum absolute atomic E-state index is 14.0. The van der Waals surface area contributed by atoms with Gasteiger partial charge in [-0.2, -0.15) is 5.10 Å². The third-order valence-corrected chi connectivity index (χ3v) is 4.97. The second-order valence-corrected chi connectivity index (χ2v) is 6.61. The molecule has 1 aliphatic heterocycles. The Morgan fingerprint density at radius 3 is 2.38 bits per heavy atom. The minimum Gasteiger partial charge on any atom is -0.366 e. The van der Waals surface area contributed by atoms with Gasteiger partial charge in [-0.05, 0) is 19.1 Å². The average Bonchev–Trinajstić information content (AvgIpc) is 2.92. The molecule has 4 rings (SSSR count). The fourth-order valence-electron chi connectivity index (χ4n) is 3.58. The smallest absolute Gasteiger partial charge is 0.280 e. The van der Waals surface area contributed by atoms with Crippen LogP contribution >= 0.6 is 0 Å². The number of benzene rings is 1. The van der Waals surface area contributed by atoms with Crippen LogP contribution in [0.1, 0.15) is 5.69 Å². The molecule has 2 aromatic heterocycles. The van der Waals surface area contributed by atoms with Gasteiger partial charge >= 0.3 is 0 Å². The average molecular weight is 356 g/mol. The molecule has 3 aromatic rings. The van der Waals surface area contributed by atoms with E-state index < -0.39 is 0 Å². The van der Waals surface area contributed by atoms with E-state index >= 15 is 0 Å². The van der Waals surface area contributed by atoms with Crippen LogP contribution in [0.4, 0.5) is 16.0 Å². The van der Waals surface area contributed by atoms with Gasteiger partial charge in [0, 0.05) is 40.3 Å². The Labute approximate surface area is 150 Å². The highest BCUT2D eigenvalue weighted by Gasteiger charge is 2.24. The number of piperazine rings is 1. The zero-order valence-electron chi connectivity index (χ0n) is 15.1. The molecule has 1 fully saturated rings. The van der Waals surface area contributed by atoms with E-state index in [-0.39, 0.29) is 11.4 Å². The molecule has 7 nitrogen and oxygen atoms in total. The van der Waals surface area contributed by atoms with E-state index in [0.717, 1.165) is 5.69 Å². The molecular formula is C18H21FN6O. The summed E-state index contributed by atoms with van der Waals surface area (Å²) in [6.45, 7) is 4.52. The number of rotatable bonds is 2. The number of hydrogen-bond acceptors (Lipinski definition) is 5. The fraction of sp³-hybridized carbons (Fsp3) is 0.389. The molecule has 0 amide bonds. The molecule has 136 valence electrons. The Bertz CT molecular complexity index is 1030. The van der Waals surface area contributed by atoms with Gasteiger partial charge in [-0.25, -0.2) is 9.37 Å². The highest BCUT2D eigenvalue weighted by Crippen LogP contribution is 2.22. The summed E-state index contributed by atoms with van der Waals surface area (Å²) < 4.78 is 17.2. The highest BCUT2D eigenvalue weighted by molar-refractivity contribution is 5.77. The second-order valence-electron chi connectivity index (χ2n) is 6.61. The molecule has 0 N–H and O–H groups in total. The molecule has 1 saturated heterocycles. The summed E-state index contributed by atoms with van der Waals surface area (Å²) >= 11 is 0. The van der Waals surface area contributed by atoms with Crippen molar-refractivity contribution in [3.05, 3.63) is 46.1 Å².